The average Bonchev–Trinajstić information content (AvgIpc) is 2.68. The Morgan fingerprint density at radius 2 is 2.28 bits per heavy atom. The van der Waals surface area contributed by atoms with Crippen LogP contribution in [0.15, 0.2) is 10.8 Å². The highest BCUT2D eigenvalue weighted by molar-refractivity contribution is 9.10. The van der Waals surface area contributed by atoms with E-state index in [1.54, 1.807) is 10.9 Å². The minimum Gasteiger partial charge on any atom is -0.465 e. The monoisotopic (exact) mass is 317 g/mol. The molecule has 1 aliphatic heterocycles. The number of amides is 1. The van der Waals surface area contributed by atoms with Gasteiger partial charge in [0.2, 0.25) is 0 Å². The van der Waals surface area contributed by atoms with Crippen LogP contribution in [0.4, 0.5) is 4.79 Å². The number of ether oxygens (including phenoxy) is 1. The van der Waals surface area contributed by atoms with Crippen molar-refractivity contribution in [3.05, 3.63) is 16.4 Å². The molecule has 0 bridgehead atoms. The van der Waals surface area contributed by atoms with Gasteiger partial charge < -0.3 is 14.7 Å². The van der Waals surface area contributed by atoms with Gasteiger partial charge in [-0.05, 0) is 28.8 Å². The van der Waals surface area contributed by atoms with Crippen molar-refractivity contribution in [3.8, 4) is 0 Å². The van der Waals surface area contributed by atoms with Crippen molar-refractivity contribution in [2.75, 3.05) is 13.1 Å². The molecule has 1 amide bonds. The van der Waals surface area contributed by atoms with E-state index in [1.807, 2.05) is 7.05 Å². The van der Waals surface area contributed by atoms with Crippen molar-refractivity contribution in [2.24, 2.45) is 7.05 Å². The molecule has 1 aliphatic rings. The van der Waals surface area contributed by atoms with Crippen LogP contribution >= 0.6 is 15.9 Å². The predicted molar refractivity (Wildman–Crippen MR) is 68.3 cm³/mol. The lowest BCUT2D eigenvalue weighted by molar-refractivity contribution is 0.000128. The first-order valence-corrected chi connectivity index (χ1v) is 6.63. The summed E-state index contributed by atoms with van der Waals surface area (Å²) < 4.78 is 8.45. The number of aryl methyl sites for hydroxylation is 1. The Bertz CT molecular complexity index is 427. The lowest BCUT2D eigenvalue weighted by Gasteiger charge is -2.29. The molecule has 0 spiro atoms. The van der Waals surface area contributed by atoms with Gasteiger partial charge in [0, 0.05) is 25.7 Å². The summed E-state index contributed by atoms with van der Waals surface area (Å²) in [6.07, 6.45) is 2.57. The largest absolute Gasteiger partial charge is 0.465 e. The van der Waals surface area contributed by atoms with Crippen LogP contribution in [-0.4, -0.2) is 45.1 Å². The molecule has 7 heteroatoms. The third-order valence-electron chi connectivity index (χ3n) is 3.12. The molecule has 2 heterocycles. The Hall–Kier alpha value is -1.08. The Labute approximate surface area is 114 Å². The van der Waals surface area contributed by atoms with Crippen LogP contribution in [0.5, 0.6) is 0 Å². The molecule has 0 saturated carbocycles. The van der Waals surface area contributed by atoms with Gasteiger partial charge in [-0.15, -0.1) is 0 Å². The number of halogens is 1. The van der Waals surface area contributed by atoms with Gasteiger partial charge in [0.05, 0.1) is 18.9 Å². The standard InChI is InChI=1S/C11H16BrN3O3/c1-14-10(12)8(6-13-14)7-18-9-2-4-15(5-3-9)11(16)17/h6,9H,2-5,7H2,1H3,(H,16,17). The summed E-state index contributed by atoms with van der Waals surface area (Å²) in [6.45, 7) is 1.61. The van der Waals surface area contributed by atoms with Crippen LogP contribution in [-0.2, 0) is 18.4 Å². The van der Waals surface area contributed by atoms with Crippen molar-refractivity contribution in [1.29, 1.82) is 0 Å². The fraction of sp³-hybridized carbons (Fsp3) is 0.636. The normalized spacial score (nSPS) is 17.1. The lowest BCUT2D eigenvalue weighted by atomic mass is 10.1. The number of nitrogens with zero attached hydrogens (tertiary/aromatic N) is 3. The molecule has 1 N–H and O–H groups in total. The summed E-state index contributed by atoms with van der Waals surface area (Å²) in [5.41, 5.74) is 1.01. The molecule has 0 radical (unpaired) electrons. The van der Waals surface area contributed by atoms with Gasteiger partial charge in [0.15, 0.2) is 0 Å². The molecular formula is C11H16BrN3O3. The summed E-state index contributed by atoms with van der Waals surface area (Å²) in [6, 6.07) is 0. The molecule has 18 heavy (non-hydrogen) atoms. The highest BCUT2D eigenvalue weighted by Gasteiger charge is 2.22. The van der Waals surface area contributed by atoms with Gasteiger partial charge in [-0.3, -0.25) is 4.68 Å². The van der Waals surface area contributed by atoms with Crippen molar-refractivity contribution in [2.45, 2.75) is 25.6 Å². The summed E-state index contributed by atoms with van der Waals surface area (Å²) in [4.78, 5) is 12.2. The minimum absolute atomic E-state index is 0.132. The quantitative estimate of drug-likeness (QED) is 0.923. The number of piperidine rings is 1. The molecule has 0 aromatic carbocycles. The third kappa shape index (κ3) is 3.02. The molecule has 6 nitrogen and oxygen atoms in total. The smallest absolute Gasteiger partial charge is 0.407 e. The van der Waals surface area contributed by atoms with Crippen molar-refractivity contribution in [1.82, 2.24) is 14.7 Å². The first-order valence-electron chi connectivity index (χ1n) is 5.83. The van der Waals surface area contributed by atoms with Crippen LogP contribution in [0.3, 0.4) is 0 Å². The second kappa shape index (κ2) is 5.71. The zero-order valence-electron chi connectivity index (χ0n) is 10.2. The summed E-state index contributed by atoms with van der Waals surface area (Å²) >= 11 is 3.44. The Kier molecular flexibility index (Phi) is 4.23. The zero-order chi connectivity index (χ0) is 13.1. The van der Waals surface area contributed by atoms with E-state index in [1.165, 1.54) is 4.90 Å². The fourth-order valence-corrected chi connectivity index (χ4v) is 2.29. The van der Waals surface area contributed by atoms with Crippen LogP contribution in [0, 0.1) is 0 Å². The Morgan fingerprint density at radius 3 is 2.78 bits per heavy atom. The molecule has 1 fully saturated rings. The Morgan fingerprint density at radius 1 is 1.61 bits per heavy atom. The fourth-order valence-electron chi connectivity index (χ4n) is 1.99. The number of aromatic nitrogens is 2. The highest BCUT2D eigenvalue weighted by Crippen LogP contribution is 2.19. The van der Waals surface area contributed by atoms with Gasteiger partial charge in [-0.2, -0.15) is 5.10 Å². The first-order chi connectivity index (χ1) is 8.58. The number of carbonyl (C=O) groups is 1. The first kappa shape index (κ1) is 13.4. The summed E-state index contributed by atoms with van der Waals surface area (Å²) in [5.74, 6) is 0. The SMILES string of the molecule is Cn1ncc(COC2CCN(C(=O)O)CC2)c1Br. The summed E-state index contributed by atoms with van der Waals surface area (Å²) in [7, 11) is 1.86. The maximum Gasteiger partial charge on any atom is 0.407 e. The van der Waals surface area contributed by atoms with E-state index in [4.69, 9.17) is 9.84 Å². The van der Waals surface area contributed by atoms with Crippen molar-refractivity contribution in [3.63, 3.8) is 0 Å². The van der Waals surface area contributed by atoms with Crippen molar-refractivity contribution < 1.29 is 14.6 Å². The van der Waals surface area contributed by atoms with Gasteiger partial charge in [-0.1, -0.05) is 0 Å². The molecule has 0 aliphatic carbocycles. The third-order valence-corrected chi connectivity index (χ3v) is 4.15. The maximum absolute atomic E-state index is 10.8. The maximum atomic E-state index is 10.8. The Balaban J connectivity index is 1.79. The highest BCUT2D eigenvalue weighted by atomic mass is 79.9. The van der Waals surface area contributed by atoms with Gasteiger partial charge in [-0.25, -0.2) is 4.79 Å². The van der Waals surface area contributed by atoms with Gasteiger partial charge >= 0.3 is 6.09 Å². The van der Waals surface area contributed by atoms with E-state index in [9.17, 15) is 4.79 Å². The lowest BCUT2D eigenvalue weighted by Crippen LogP contribution is -2.40. The molecule has 0 atom stereocenters. The van der Waals surface area contributed by atoms with Crippen LogP contribution in [0.25, 0.3) is 0 Å². The molecule has 100 valence electrons. The number of hydrogen-bond acceptors (Lipinski definition) is 3. The molecular weight excluding hydrogens is 302 g/mol. The minimum atomic E-state index is -0.844. The molecule has 1 aromatic heterocycles. The molecule has 2 rings (SSSR count). The van der Waals surface area contributed by atoms with Crippen LogP contribution < -0.4 is 0 Å². The van der Waals surface area contributed by atoms with E-state index < -0.39 is 6.09 Å². The average molecular weight is 318 g/mol. The molecule has 1 aromatic rings. The van der Waals surface area contributed by atoms with Crippen LogP contribution in [0.2, 0.25) is 0 Å². The van der Waals surface area contributed by atoms with E-state index in [0.717, 1.165) is 23.0 Å². The van der Waals surface area contributed by atoms with Crippen molar-refractivity contribution >= 4 is 22.0 Å². The molecule has 0 unspecified atom stereocenters. The van der Waals surface area contributed by atoms with E-state index in [-0.39, 0.29) is 6.10 Å². The summed E-state index contributed by atoms with van der Waals surface area (Å²) in [5, 5.41) is 13.0. The van der Waals surface area contributed by atoms with Crippen LogP contribution in [0.1, 0.15) is 18.4 Å². The van der Waals surface area contributed by atoms with Gasteiger partial charge in [0.25, 0.3) is 0 Å². The number of hydrogen-bond donors (Lipinski definition) is 1. The topological polar surface area (TPSA) is 67.6 Å². The zero-order valence-corrected chi connectivity index (χ0v) is 11.8. The number of rotatable bonds is 3. The number of likely N-dealkylation sites (tertiary alicyclic amines) is 1. The second-order valence-corrected chi connectivity index (χ2v) is 5.12. The van der Waals surface area contributed by atoms with Gasteiger partial charge in [0.1, 0.15) is 4.60 Å². The molecule has 1 saturated heterocycles. The predicted octanol–water partition coefficient (Wildman–Crippen LogP) is 1.84. The number of carboxylic acid groups (broad SMARTS) is 1. The van der Waals surface area contributed by atoms with E-state index >= 15 is 0 Å². The second-order valence-electron chi connectivity index (χ2n) is 4.36. The van der Waals surface area contributed by atoms with E-state index in [0.29, 0.717) is 19.7 Å². The van der Waals surface area contributed by atoms with E-state index in [2.05, 4.69) is 21.0 Å².